The van der Waals surface area contributed by atoms with Crippen LogP contribution in [0.25, 0.3) is 0 Å². The standard InChI is InChI=1S/C25H31N3O4/c1-16-8-10-20(11-9-16)32-15-23(30)28-14-18-5-2-6-21(18)24(28)25(31)27-19(13-26)12-17-4-3-7-22(17)29/h8-11,17-19,21,24H,2-7,12,14-15H2,1H3,(H,27,31)/t17-,18-,19-,21-,24-/m0/s1. The highest BCUT2D eigenvalue weighted by Crippen LogP contribution is 2.42. The van der Waals surface area contributed by atoms with Gasteiger partial charge in [-0.1, -0.05) is 24.1 Å². The molecule has 4 rings (SSSR count). The second-order valence-electron chi connectivity index (χ2n) is 9.43. The average molecular weight is 438 g/mol. The van der Waals surface area contributed by atoms with Crippen LogP contribution in [0.15, 0.2) is 24.3 Å². The number of rotatable bonds is 7. The maximum Gasteiger partial charge on any atom is 0.261 e. The van der Waals surface area contributed by atoms with Gasteiger partial charge in [0.15, 0.2) is 6.61 Å². The molecule has 0 aromatic heterocycles. The zero-order valence-corrected chi connectivity index (χ0v) is 18.6. The molecule has 0 radical (unpaired) electrons. The number of carbonyl (C=O) groups is 3. The summed E-state index contributed by atoms with van der Waals surface area (Å²) in [4.78, 5) is 39.9. The van der Waals surface area contributed by atoms with Crippen LogP contribution in [-0.4, -0.2) is 47.7 Å². The largest absolute Gasteiger partial charge is 0.484 e. The molecule has 3 aliphatic rings. The topological polar surface area (TPSA) is 99.5 Å². The van der Waals surface area contributed by atoms with Crippen LogP contribution < -0.4 is 10.1 Å². The summed E-state index contributed by atoms with van der Waals surface area (Å²) in [6.45, 7) is 2.42. The molecule has 2 amide bonds. The van der Waals surface area contributed by atoms with E-state index >= 15 is 0 Å². The Balaban J connectivity index is 1.41. The molecule has 1 aliphatic heterocycles. The van der Waals surface area contributed by atoms with E-state index < -0.39 is 12.1 Å². The van der Waals surface area contributed by atoms with Crippen molar-refractivity contribution in [2.45, 2.75) is 64.0 Å². The van der Waals surface area contributed by atoms with Crippen molar-refractivity contribution in [2.75, 3.05) is 13.2 Å². The minimum absolute atomic E-state index is 0.116. The van der Waals surface area contributed by atoms with Gasteiger partial charge in [-0.15, -0.1) is 0 Å². The number of fused-ring (bicyclic) bond motifs is 1. The maximum atomic E-state index is 13.3. The van der Waals surface area contributed by atoms with Crippen molar-refractivity contribution in [1.29, 1.82) is 5.26 Å². The van der Waals surface area contributed by atoms with Gasteiger partial charge < -0.3 is 15.0 Å². The van der Waals surface area contributed by atoms with E-state index in [4.69, 9.17) is 4.74 Å². The van der Waals surface area contributed by atoms with Crippen molar-refractivity contribution >= 4 is 17.6 Å². The van der Waals surface area contributed by atoms with E-state index in [2.05, 4.69) is 11.4 Å². The van der Waals surface area contributed by atoms with Gasteiger partial charge in [-0.05, 0) is 63.0 Å². The van der Waals surface area contributed by atoms with Crippen LogP contribution in [0.2, 0.25) is 0 Å². The van der Waals surface area contributed by atoms with Crippen molar-refractivity contribution in [3.05, 3.63) is 29.8 Å². The lowest BCUT2D eigenvalue weighted by Crippen LogP contribution is -2.52. The first-order valence-corrected chi connectivity index (χ1v) is 11.7. The summed E-state index contributed by atoms with van der Waals surface area (Å²) in [6, 6.07) is 8.36. The van der Waals surface area contributed by atoms with Crippen molar-refractivity contribution < 1.29 is 19.1 Å². The van der Waals surface area contributed by atoms with Gasteiger partial charge in [0, 0.05) is 18.9 Å². The number of ketones is 1. The van der Waals surface area contributed by atoms with E-state index in [1.165, 1.54) is 0 Å². The first-order chi connectivity index (χ1) is 15.5. The van der Waals surface area contributed by atoms with Crippen LogP contribution in [0.4, 0.5) is 0 Å². The number of hydrogen-bond donors (Lipinski definition) is 1. The Morgan fingerprint density at radius 1 is 1.22 bits per heavy atom. The number of hydrogen-bond acceptors (Lipinski definition) is 5. The van der Waals surface area contributed by atoms with Crippen LogP contribution in [0.1, 0.15) is 50.5 Å². The quantitative estimate of drug-likeness (QED) is 0.707. The molecule has 0 bridgehead atoms. The van der Waals surface area contributed by atoms with E-state index in [1.54, 1.807) is 4.90 Å². The number of nitrogens with one attached hydrogen (secondary N) is 1. The molecule has 1 saturated heterocycles. The number of ether oxygens (including phenoxy) is 1. The van der Waals surface area contributed by atoms with E-state index in [1.807, 2.05) is 31.2 Å². The smallest absolute Gasteiger partial charge is 0.261 e. The Labute approximate surface area is 189 Å². The highest BCUT2D eigenvalue weighted by Gasteiger charge is 2.49. The number of Topliss-reactive ketones (excluding diaryl/α,β-unsaturated/α-hetero) is 1. The molecule has 7 heteroatoms. The lowest BCUT2D eigenvalue weighted by atomic mass is 9.92. The van der Waals surface area contributed by atoms with E-state index in [0.29, 0.717) is 31.1 Å². The fraction of sp³-hybridized carbons (Fsp3) is 0.600. The van der Waals surface area contributed by atoms with Crippen molar-refractivity contribution in [2.24, 2.45) is 17.8 Å². The predicted octanol–water partition coefficient (Wildman–Crippen LogP) is 2.77. The van der Waals surface area contributed by atoms with Crippen LogP contribution in [-0.2, 0) is 14.4 Å². The monoisotopic (exact) mass is 437 g/mol. The first-order valence-electron chi connectivity index (χ1n) is 11.7. The summed E-state index contributed by atoms with van der Waals surface area (Å²) in [6.07, 6.45) is 5.52. The number of carbonyl (C=O) groups excluding carboxylic acids is 3. The van der Waals surface area contributed by atoms with Crippen LogP contribution >= 0.6 is 0 Å². The number of nitriles is 1. The SMILES string of the molecule is Cc1ccc(OCC(=O)N2C[C@@H]3CCC[C@@H]3[C@H]2C(=O)N[C@H](C#N)C[C@@H]2CCCC2=O)cc1. The van der Waals surface area contributed by atoms with Crippen molar-refractivity contribution in [3.8, 4) is 11.8 Å². The molecule has 7 nitrogen and oxygen atoms in total. The second kappa shape index (κ2) is 9.72. The molecule has 2 aliphatic carbocycles. The van der Waals surface area contributed by atoms with Gasteiger partial charge in [-0.25, -0.2) is 0 Å². The zero-order chi connectivity index (χ0) is 22.7. The van der Waals surface area contributed by atoms with Gasteiger partial charge in [-0.3, -0.25) is 14.4 Å². The van der Waals surface area contributed by atoms with E-state index in [0.717, 1.165) is 37.7 Å². The fourth-order valence-corrected chi connectivity index (χ4v) is 5.58. The lowest BCUT2D eigenvalue weighted by Gasteiger charge is -2.28. The summed E-state index contributed by atoms with van der Waals surface area (Å²) in [7, 11) is 0. The third-order valence-electron chi connectivity index (χ3n) is 7.29. The summed E-state index contributed by atoms with van der Waals surface area (Å²) in [5, 5.41) is 12.4. The van der Waals surface area contributed by atoms with Gasteiger partial charge in [0.2, 0.25) is 5.91 Å². The Hall–Kier alpha value is -2.88. The minimum Gasteiger partial charge on any atom is -0.484 e. The number of aryl methyl sites for hydroxylation is 1. The Bertz CT molecular complexity index is 907. The van der Waals surface area contributed by atoms with Crippen molar-refractivity contribution in [3.63, 3.8) is 0 Å². The molecule has 170 valence electrons. The van der Waals surface area contributed by atoms with Gasteiger partial charge in [0.05, 0.1) is 6.07 Å². The average Bonchev–Trinajstić information content (AvgIpc) is 3.48. The third-order valence-corrected chi connectivity index (χ3v) is 7.29. The molecule has 0 spiro atoms. The normalized spacial score (nSPS) is 27.6. The summed E-state index contributed by atoms with van der Waals surface area (Å²) >= 11 is 0. The van der Waals surface area contributed by atoms with Crippen LogP contribution in [0.3, 0.4) is 0 Å². The number of benzene rings is 1. The molecular weight excluding hydrogens is 406 g/mol. The Kier molecular flexibility index (Phi) is 6.78. The molecule has 1 aromatic carbocycles. The second-order valence-corrected chi connectivity index (χ2v) is 9.43. The van der Waals surface area contributed by atoms with Gasteiger partial charge in [-0.2, -0.15) is 5.26 Å². The highest BCUT2D eigenvalue weighted by atomic mass is 16.5. The van der Waals surface area contributed by atoms with Crippen molar-refractivity contribution in [1.82, 2.24) is 10.2 Å². The summed E-state index contributed by atoms with van der Waals surface area (Å²) in [5.74, 6) is 0.594. The molecule has 0 unspecified atom stereocenters. The molecule has 1 aromatic rings. The molecule has 1 heterocycles. The molecular formula is C25H31N3O4. The molecule has 1 N–H and O–H groups in total. The van der Waals surface area contributed by atoms with Gasteiger partial charge >= 0.3 is 0 Å². The fourth-order valence-electron chi connectivity index (χ4n) is 5.58. The van der Waals surface area contributed by atoms with Crippen LogP contribution in [0.5, 0.6) is 5.75 Å². The lowest BCUT2D eigenvalue weighted by molar-refractivity contribution is -0.141. The van der Waals surface area contributed by atoms with E-state index in [9.17, 15) is 19.6 Å². The molecule has 5 atom stereocenters. The Morgan fingerprint density at radius 3 is 2.69 bits per heavy atom. The highest BCUT2D eigenvalue weighted by molar-refractivity contribution is 5.90. The minimum atomic E-state index is -0.712. The predicted molar refractivity (Wildman–Crippen MR) is 118 cm³/mol. The molecule has 2 saturated carbocycles. The third kappa shape index (κ3) is 4.79. The molecule has 3 fully saturated rings. The van der Waals surface area contributed by atoms with Crippen LogP contribution in [0, 0.1) is 36.0 Å². The Morgan fingerprint density at radius 2 is 2.00 bits per heavy atom. The zero-order valence-electron chi connectivity index (χ0n) is 18.6. The summed E-state index contributed by atoms with van der Waals surface area (Å²) in [5.41, 5.74) is 1.11. The molecule has 32 heavy (non-hydrogen) atoms. The first kappa shape index (κ1) is 22.3. The van der Waals surface area contributed by atoms with Gasteiger partial charge in [0.25, 0.3) is 5.91 Å². The summed E-state index contributed by atoms with van der Waals surface area (Å²) < 4.78 is 5.68. The maximum absolute atomic E-state index is 13.3. The number of likely N-dealkylation sites (tertiary alicyclic amines) is 1. The van der Waals surface area contributed by atoms with Gasteiger partial charge in [0.1, 0.15) is 23.6 Å². The van der Waals surface area contributed by atoms with E-state index in [-0.39, 0.29) is 36.0 Å². The number of nitrogens with zero attached hydrogens (tertiary/aromatic N) is 2. The number of amides is 2.